The standard InChI is InChI=1S/C13H9BrN2OS/c1-8-15-11(6-17-8)13-16-12(7-18-13)9-4-2-3-5-10(9)14/h2-7H,1H3. The highest BCUT2D eigenvalue weighted by Gasteiger charge is 2.11. The fraction of sp³-hybridized carbons (Fsp3) is 0.0769. The van der Waals surface area contributed by atoms with Crippen molar-refractivity contribution in [1.82, 2.24) is 9.97 Å². The van der Waals surface area contributed by atoms with Gasteiger partial charge in [-0.05, 0) is 6.07 Å². The first-order chi connectivity index (χ1) is 8.74. The molecular weight excluding hydrogens is 312 g/mol. The van der Waals surface area contributed by atoms with E-state index in [9.17, 15) is 0 Å². The van der Waals surface area contributed by atoms with Crippen LogP contribution in [-0.4, -0.2) is 9.97 Å². The number of rotatable bonds is 2. The van der Waals surface area contributed by atoms with Crippen LogP contribution in [0.1, 0.15) is 5.89 Å². The van der Waals surface area contributed by atoms with E-state index in [1.165, 1.54) is 0 Å². The molecule has 0 aliphatic rings. The van der Waals surface area contributed by atoms with Crippen LogP contribution in [0.4, 0.5) is 0 Å². The van der Waals surface area contributed by atoms with Gasteiger partial charge in [0.1, 0.15) is 17.0 Å². The van der Waals surface area contributed by atoms with Gasteiger partial charge in [0.25, 0.3) is 0 Å². The Bertz CT molecular complexity index is 690. The van der Waals surface area contributed by atoms with Crippen molar-refractivity contribution >= 4 is 27.3 Å². The molecule has 1 aromatic carbocycles. The number of benzene rings is 1. The summed E-state index contributed by atoms with van der Waals surface area (Å²) < 4.78 is 6.24. The molecule has 3 nitrogen and oxygen atoms in total. The van der Waals surface area contributed by atoms with E-state index in [2.05, 4.69) is 25.9 Å². The van der Waals surface area contributed by atoms with E-state index in [0.717, 1.165) is 26.4 Å². The predicted octanol–water partition coefficient (Wildman–Crippen LogP) is 4.54. The van der Waals surface area contributed by atoms with Crippen molar-refractivity contribution in [3.8, 4) is 22.0 Å². The lowest BCUT2D eigenvalue weighted by molar-refractivity contribution is 0.521. The minimum absolute atomic E-state index is 0.655. The fourth-order valence-electron chi connectivity index (χ4n) is 1.65. The van der Waals surface area contributed by atoms with E-state index in [0.29, 0.717) is 5.89 Å². The molecular formula is C13H9BrN2OS. The van der Waals surface area contributed by atoms with Crippen molar-refractivity contribution in [3.63, 3.8) is 0 Å². The van der Waals surface area contributed by atoms with Crippen LogP contribution >= 0.6 is 27.3 Å². The van der Waals surface area contributed by atoms with Gasteiger partial charge in [0.15, 0.2) is 5.89 Å². The van der Waals surface area contributed by atoms with Crippen LogP contribution < -0.4 is 0 Å². The maximum atomic E-state index is 5.20. The van der Waals surface area contributed by atoms with Crippen LogP contribution in [0.5, 0.6) is 0 Å². The molecule has 3 rings (SSSR count). The highest BCUT2D eigenvalue weighted by atomic mass is 79.9. The van der Waals surface area contributed by atoms with Gasteiger partial charge in [-0.3, -0.25) is 0 Å². The number of oxazole rings is 1. The second kappa shape index (κ2) is 4.66. The molecule has 5 heteroatoms. The number of halogens is 1. The van der Waals surface area contributed by atoms with E-state index in [1.807, 2.05) is 36.6 Å². The van der Waals surface area contributed by atoms with E-state index < -0.39 is 0 Å². The topological polar surface area (TPSA) is 38.9 Å². The molecule has 2 aromatic heterocycles. The van der Waals surface area contributed by atoms with E-state index in [1.54, 1.807) is 17.6 Å². The molecule has 0 N–H and O–H groups in total. The number of hydrogen-bond acceptors (Lipinski definition) is 4. The van der Waals surface area contributed by atoms with Gasteiger partial charge in [-0.1, -0.05) is 34.1 Å². The first-order valence-corrected chi connectivity index (χ1v) is 7.04. The monoisotopic (exact) mass is 320 g/mol. The molecule has 0 unspecified atom stereocenters. The summed E-state index contributed by atoms with van der Waals surface area (Å²) >= 11 is 5.10. The van der Waals surface area contributed by atoms with Gasteiger partial charge in [0.2, 0.25) is 0 Å². The Hall–Kier alpha value is -1.46. The van der Waals surface area contributed by atoms with Crippen molar-refractivity contribution in [2.45, 2.75) is 6.92 Å². The Kier molecular flexibility index (Phi) is 3.01. The van der Waals surface area contributed by atoms with Crippen molar-refractivity contribution in [2.24, 2.45) is 0 Å². The average molecular weight is 321 g/mol. The summed E-state index contributed by atoms with van der Waals surface area (Å²) in [6.07, 6.45) is 1.64. The highest BCUT2D eigenvalue weighted by Crippen LogP contribution is 2.32. The Labute approximate surface area is 117 Å². The molecule has 0 aliphatic heterocycles. The Morgan fingerprint density at radius 3 is 2.72 bits per heavy atom. The minimum atomic E-state index is 0.655. The molecule has 18 heavy (non-hydrogen) atoms. The van der Waals surface area contributed by atoms with Gasteiger partial charge in [-0.2, -0.15) is 0 Å². The molecule has 0 aliphatic carbocycles. The summed E-state index contributed by atoms with van der Waals surface area (Å²) in [4.78, 5) is 8.87. The van der Waals surface area contributed by atoms with E-state index in [-0.39, 0.29) is 0 Å². The van der Waals surface area contributed by atoms with E-state index >= 15 is 0 Å². The number of thiazole rings is 1. The lowest BCUT2D eigenvalue weighted by Crippen LogP contribution is -1.81. The number of nitrogens with zero attached hydrogens (tertiary/aromatic N) is 2. The van der Waals surface area contributed by atoms with Crippen LogP contribution in [-0.2, 0) is 0 Å². The van der Waals surface area contributed by atoms with Crippen molar-refractivity contribution in [1.29, 1.82) is 0 Å². The zero-order valence-corrected chi connectivity index (χ0v) is 12.0. The van der Waals surface area contributed by atoms with Crippen LogP contribution in [0.3, 0.4) is 0 Å². The molecule has 0 radical (unpaired) electrons. The molecule has 3 aromatic rings. The predicted molar refractivity (Wildman–Crippen MR) is 75.5 cm³/mol. The summed E-state index contributed by atoms with van der Waals surface area (Å²) in [5.41, 5.74) is 2.82. The smallest absolute Gasteiger partial charge is 0.191 e. The van der Waals surface area contributed by atoms with Crippen LogP contribution in [0, 0.1) is 6.92 Å². The van der Waals surface area contributed by atoms with Crippen molar-refractivity contribution in [3.05, 3.63) is 46.3 Å². The number of aryl methyl sites for hydroxylation is 1. The van der Waals surface area contributed by atoms with Crippen LogP contribution in [0.2, 0.25) is 0 Å². The summed E-state index contributed by atoms with van der Waals surface area (Å²) in [5, 5.41) is 2.90. The maximum Gasteiger partial charge on any atom is 0.191 e. The van der Waals surface area contributed by atoms with Gasteiger partial charge < -0.3 is 4.42 Å². The zero-order chi connectivity index (χ0) is 12.5. The van der Waals surface area contributed by atoms with Crippen molar-refractivity contribution in [2.75, 3.05) is 0 Å². The first-order valence-electron chi connectivity index (χ1n) is 5.37. The molecule has 0 amide bonds. The molecule has 0 fully saturated rings. The SMILES string of the molecule is Cc1nc(-c2nc(-c3ccccc3Br)cs2)co1. The third-order valence-corrected chi connectivity index (χ3v) is 4.05. The summed E-state index contributed by atoms with van der Waals surface area (Å²) in [5.74, 6) is 0.655. The quantitative estimate of drug-likeness (QED) is 0.696. The molecule has 0 saturated carbocycles. The third-order valence-electron chi connectivity index (χ3n) is 2.49. The van der Waals surface area contributed by atoms with Crippen LogP contribution in [0.15, 0.2) is 44.8 Å². The molecule has 0 bridgehead atoms. The lowest BCUT2D eigenvalue weighted by atomic mass is 10.2. The Balaban J connectivity index is 2.02. The van der Waals surface area contributed by atoms with Gasteiger partial charge in [-0.25, -0.2) is 9.97 Å². The minimum Gasteiger partial charge on any atom is -0.449 e. The largest absolute Gasteiger partial charge is 0.449 e. The molecule has 2 heterocycles. The normalized spacial score (nSPS) is 10.8. The molecule has 0 spiro atoms. The van der Waals surface area contributed by atoms with Crippen molar-refractivity contribution < 1.29 is 4.42 Å². The van der Waals surface area contributed by atoms with Gasteiger partial charge in [0.05, 0.1) is 5.69 Å². The second-order valence-corrected chi connectivity index (χ2v) is 5.48. The fourth-order valence-corrected chi connectivity index (χ4v) is 2.90. The third kappa shape index (κ3) is 2.11. The lowest BCUT2D eigenvalue weighted by Gasteiger charge is -1.98. The Morgan fingerprint density at radius 1 is 1.17 bits per heavy atom. The molecule has 90 valence electrons. The summed E-state index contributed by atoms with van der Waals surface area (Å²) in [6.45, 7) is 1.83. The van der Waals surface area contributed by atoms with Crippen LogP contribution in [0.25, 0.3) is 22.0 Å². The summed E-state index contributed by atoms with van der Waals surface area (Å²) in [6, 6.07) is 8.03. The Morgan fingerprint density at radius 2 is 2.00 bits per heavy atom. The average Bonchev–Trinajstić information content (AvgIpc) is 2.98. The summed E-state index contributed by atoms with van der Waals surface area (Å²) in [7, 11) is 0. The highest BCUT2D eigenvalue weighted by molar-refractivity contribution is 9.10. The number of hydrogen-bond donors (Lipinski definition) is 0. The van der Waals surface area contributed by atoms with Gasteiger partial charge in [-0.15, -0.1) is 11.3 Å². The zero-order valence-electron chi connectivity index (χ0n) is 9.55. The van der Waals surface area contributed by atoms with E-state index in [4.69, 9.17) is 4.42 Å². The molecule has 0 saturated heterocycles. The number of aromatic nitrogens is 2. The molecule has 0 atom stereocenters. The van der Waals surface area contributed by atoms with Gasteiger partial charge in [0, 0.05) is 22.3 Å². The maximum absolute atomic E-state index is 5.20. The van der Waals surface area contributed by atoms with Gasteiger partial charge >= 0.3 is 0 Å². The first kappa shape index (κ1) is 11.6. The second-order valence-electron chi connectivity index (χ2n) is 3.77.